The van der Waals surface area contributed by atoms with E-state index in [4.69, 9.17) is 4.42 Å². The van der Waals surface area contributed by atoms with Crippen molar-refractivity contribution in [2.75, 3.05) is 12.3 Å². The van der Waals surface area contributed by atoms with Crippen molar-refractivity contribution < 1.29 is 12.8 Å². The molecule has 0 aromatic carbocycles. The van der Waals surface area contributed by atoms with Crippen LogP contribution in [0.2, 0.25) is 0 Å². The van der Waals surface area contributed by atoms with E-state index in [0.717, 1.165) is 5.76 Å². The second kappa shape index (κ2) is 5.32. The minimum absolute atomic E-state index is 0.191. The number of furan rings is 1. The van der Waals surface area contributed by atoms with Crippen LogP contribution in [0.4, 0.5) is 0 Å². The molecule has 1 atom stereocenters. The summed E-state index contributed by atoms with van der Waals surface area (Å²) in [5, 5.41) is 2.71. The van der Waals surface area contributed by atoms with Crippen LogP contribution < -0.4 is 5.32 Å². The van der Waals surface area contributed by atoms with Gasteiger partial charge in [0.05, 0.1) is 18.1 Å². The largest absolute Gasteiger partial charge is 0.468 e. The fourth-order valence-corrected chi connectivity index (χ4v) is 2.16. The van der Waals surface area contributed by atoms with Crippen molar-refractivity contribution in [1.82, 2.24) is 5.32 Å². The highest BCUT2D eigenvalue weighted by Gasteiger charge is 2.17. The molecule has 1 N–H and O–H groups in total. The molecule has 5 heteroatoms. The van der Waals surface area contributed by atoms with Crippen molar-refractivity contribution in [2.45, 2.75) is 25.6 Å². The second-order valence-electron chi connectivity index (χ2n) is 3.47. The number of hydrogen-bond donors (Lipinski definition) is 1. The zero-order valence-electron chi connectivity index (χ0n) is 9.06. The highest BCUT2D eigenvalue weighted by atomic mass is 32.2. The van der Waals surface area contributed by atoms with Gasteiger partial charge in [-0.15, -0.1) is 0 Å². The standard InChI is InChI=1S/C10H17NO3S/c1-3-15(12,13)9(2)7-11-8-10-5-4-6-14-10/h4-6,9,11H,3,7-8H2,1-2H3. The van der Waals surface area contributed by atoms with Crippen LogP contribution in [0, 0.1) is 0 Å². The highest BCUT2D eigenvalue weighted by Crippen LogP contribution is 2.02. The van der Waals surface area contributed by atoms with Crippen LogP contribution in [0.5, 0.6) is 0 Å². The summed E-state index contributed by atoms with van der Waals surface area (Å²) in [6.07, 6.45) is 1.60. The summed E-state index contributed by atoms with van der Waals surface area (Å²) in [7, 11) is -2.93. The predicted octanol–water partition coefficient (Wildman–Crippen LogP) is 1.19. The quantitative estimate of drug-likeness (QED) is 0.799. The van der Waals surface area contributed by atoms with E-state index in [1.807, 2.05) is 12.1 Å². The van der Waals surface area contributed by atoms with Gasteiger partial charge in [-0.25, -0.2) is 8.42 Å². The van der Waals surface area contributed by atoms with Gasteiger partial charge in [-0.3, -0.25) is 0 Å². The molecule has 0 amide bonds. The molecule has 1 unspecified atom stereocenters. The van der Waals surface area contributed by atoms with E-state index < -0.39 is 9.84 Å². The Hall–Kier alpha value is -0.810. The smallest absolute Gasteiger partial charge is 0.153 e. The molecule has 15 heavy (non-hydrogen) atoms. The maximum absolute atomic E-state index is 11.4. The molecule has 0 bridgehead atoms. The van der Waals surface area contributed by atoms with Gasteiger partial charge in [0.25, 0.3) is 0 Å². The normalized spacial score (nSPS) is 14.0. The summed E-state index contributed by atoms with van der Waals surface area (Å²) in [5.41, 5.74) is 0. The Kier molecular flexibility index (Phi) is 4.35. The number of rotatable bonds is 6. The van der Waals surface area contributed by atoms with E-state index in [0.29, 0.717) is 13.1 Å². The Morgan fingerprint density at radius 2 is 2.27 bits per heavy atom. The number of sulfone groups is 1. The van der Waals surface area contributed by atoms with Crippen LogP contribution in [0.3, 0.4) is 0 Å². The topological polar surface area (TPSA) is 59.3 Å². The van der Waals surface area contributed by atoms with E-state index in [1.54, 1.807) is 20.1 Å². The van der Waals surface area contributed by atoms with E-state index >= 15 is 0 Å². The molecule has 86 valence electrons. The summed E-state index contributed by atoms with van der Waals surface area (Å²) in [6, 6.07) is 3.66. The molecule has 0 aliphatic heterocycles. The van der Waals surface area contributed by atoms with Gasteiger partial charge < -0.3 is 9.73 Å². The zero-order valence-corrected chi connectivity index (χ0v) is 9.88. The third kappa shape index (κ3) is 3.68. The van der Waals surface area contributed by atoms with Gasteiger partial charge in [0.15, 0.2) is 9.84 Å². The summed E-state index contributed by atoms with van der Waals surface area (Å²) < 4.78 is 28.0. The molecule has 0 radical (unpaired) electrons. The van der Waals surface area contributed by atoms with Gasteiger partial charge in [-0.1, -0.05) is 6.92 Å². The molecule has 0 aliphatic carbocycles. The SMILES string of the molecule is CCS(=O)(=O)C(C)CNCc1ccco1. The molecule has 0 spiro atoms. The maximum Gasteiger partial charge on any atom is 0.153 e. The Bertz CT molecular complexity index is 369. The molecule has 1 heterocycles. The van der Waals surface area contributed by atoms with Crippen molar-refractivity contribution in [1.29, 1.82) is 0 Å². The lowest BCUT2D eigenvalue weighted by atomic mass is 10.4. The Labute approximate surface area is 90.6 Å². The minimum atomic E-state index is -2.93. The first-order valence-corrected chi connectivity index (χ1v) is 6.72. The van der Waals surface area contributed by atoms with Crippen molar-refractivity contribution >= 4 is 9.84 Å². The maximum atomic E-state index is 11.4. The summed E-state index contributed by atoms with van der Waals surface area (Å²) in [4.78, 5) is 0. The second-order valence-corrected chi connectivity index (χ2v) is 6.18. The van der Waals surface area contributed by atoms with E-state index in [9.17, 15) is 8.42 Å². The fraction of sp³-hybridized carbons (Fsp3) is 0.600. The van der Waals surface area contributed by atoms with E-state index in [1.165, 1.54) is 0 Å². The third-order valence-electron chi connectivity index (χ3n) is 2.33. The number of nitrogens with one attached hydrogen (secondary N) is 1. The van der Waals surface area contributed by atoms with Crippen molar-refractivity contribution in [3.63, 3.8) is 0 Å². The van der Waals surface area contributed by atoms with Crippen LogP contribution in [-0.4, -0.2) is 26.0 Å². The highest BCUT2D eigenvalue weighted by molar-refractivity contribution is 7.92. The van der Waals surface area contributed by atoms with Gasteiger partial charge >= 0.3 is 0 Å². The van der Waals surface area contributed by atoms with Gasteiger partial charge in [0.2, 0.25) is 0 Å². The summed E-state index contributed by atoms with van der Waals surface area (Å²) in [6.45, 7) is 4.40. The average Bonchev–Trinajstić information content (AvgIpc) is 2.70. The minimum Gasteiger partial charge on any atom is -0.468 e. The Morgan fingerprint density at radius 3 is 2.80 bits per heavy atom. The van der Waals surface area contributed by atoms with E-state index in [2.05, 4.69) is 5.32 Å². The Balaban J connectivity index is 2.32. The molecule has 1 rings (SSSR count). The summed E-state index contributed by atoms with van der Waals surface area (Å²) >= 11 is 0. The van der Waals surface area contributed by atoms with Crippen molar-refractivity contribution in [2.24, 2.45) is 0 Å². The monoisotopic (exact) mass is 231 g/mol. The lowest BCUT2D eigenvalue weighted by Gasteiger charge is -2.11. The van der Waals surface area contributed by atoms with Crippen LogP contribution in [-0.2, 0) is 16.4 Å². The molecular formula is C10H17NO3S. The lowest BCUT2D eigenvalue weighted by Crippen LogP contribution is -2.31. The van der Waals surface area contributed by atoms with Crippen LogP contribution in [0.15, 0.2) is 22.8 Å². The molecule has 1 aromatic heterocycles. The average molecular weight is 231 g/mol. The Morgan fingerprint density at radius 1 is 1.53 bits per heavy atom. The molecule has 0 fully saturated rings. The number of hydrogen-bond acceptors (Lipinski definition) is 4. The molecule has 1 aromatic rings. The van der Waals surface area contributed by atoms with Crippen molar-refractivity contribution in [3.05, 3.63) is 24.2 Å². The molecule has 0 aliphatic rings. The summed E-state index contributed by atoms with van der Waals surface area (Å²) in [5.74, 6) is 1.01. The predicted molar refractivity (Wildman–Crippen MR) is 59.3 cm³/mol. The van der Waals surface area contributed by atoms with Gasteiger partial charge in [-0.2, -0.15) is 0 Å². The molecule has 0 saturated carbocycles. The van der Waals surface area contributed by atoms with Crippen molar-refractivity contribution in [3.8, 4) is 0 Å². The van der Waals surface area contributed by atoms with Crippen LogP contribution in [0.25, 0.3) is 0 Å². The molecular weight excluding hydrogens is 214 g/mol. The molecule has 0 saturated heterocycles. The fourth-order valence-electron chi connectivity index (χ4n) is 1.22. The third-order valence-corrected chi connectivity index (χ3v) is 4.52. The van der Waals surface area contributed by atoms with Crippen LogP contribution in [0.1, 0.15) is 19.6 Å². The lowest BCUT2D eigenvalue weighted by molar-refractivity contribution is 0.481. The van der Waals surface area contributed by atoms with Gasteiger partial charge in [0.1, 0.15) is 5.76 Å². The zero-order chi connectivity index (χ0) is 11.3. The van der Waals surface area contributed by atoms with Crippen LogP contribution >= 0.6 is 0 Å². The van der Waals surface area contributed by atoms with E-state index in [-0.39, 0.29) is 11.0 Å². The molecule has 4 nitrogen and oxygen atoms in total. The first-order chi connectivity index (χ1) is 7.06. The first-order valence-electron chi connectivity index (χ1n) is 5.01. The van der Waals surface area contributed by atoms with Gasteiger partial charge in [0, 0.05) is 12.3 Å². The first kappa shape index (κ1) is 12.3. The van der Waals surface area contributed by atoms with Gasteiger partial charge in [-0.05, 0) is 19.1 Å².